The SMILES string of the molecule is O=C(O)C1CNCCN1c1ncc(Br)cc1C(F)(F)F. The summed E-state index contributed by atoms with van der Waals surface area (Å²) in [7, 11) is 0. The molecular weight excluding hydrogens is 343 g/mol. The van der Waals surface area contributed by atoms with Gasteiger partial charge in [-0.1, -0.05) is 0 Å². The number of pyridine rings is 1. The van der Waals surface area contributed by atoms with E-state index in [0.29, 0.717) is 6.54 Å². The van der Waals surface area contributed by atoms with Crippen LogP contribution in [0.25, 0.3) is 0 Å². The van der Waals surface area contributed by atoms with E-state index in [9.17, 15) is 18.0 Å². The molecule has 5 nitrogen and oxygen atoms in total. The lowest BCUT2D eigenvalue weighted by molar-refractivity contribution is -0.140. The van der Waals surface area contributed by atoms with Crippen LogP contribution in [0.4, 0.5) is 19.0 Å². The quantitative estimate of drug-likeness (QED) is 0.847. The molecule has 2 heterocycles. The summed E-state index contributed by atoms with van der Waals surface area (Å²) in [5, 5.41) is 12.0. The summed E-state index contributed by atoms with van der Waals surface area (Å²) in [6.45, 7) is 0.623. The number of piperazine rings is 1. The monoisotopic (exact) mass is 353 g/mol. The molecule has 0 saturated carbocycles. The molecule has 1 aromatic rings. The van der Waals surface area contributed by atoms with Gasteiger partial charge in [-0.2, -0.15) is 13.2 Å². The van der Waals surface area contributed by atoms with E-state index in [1.807, 2.05) is 0 Å². The minimum atomic E-state index is -4.60. The normalized spacial score (nSPS) is 20.0. The van der Waals surface area contributed by atoms with Crippen molar-refractivity contribution in [2.75, 3.05) is 24.5 Å². The Hall–Kier alpha value is -1.35. The Labute approximate surface area is 120 Å². The number of carboxylic acids is 1. The molecule has 20 heavy (non-hydrogen) atoms. The molecular formula is C11H11BrF3N3O2. The average Bonchev–Trinajstić information content (AvgIpc) is 2.37. The van der Waals surface area contributed by atoms with Crippen LogP contribution in [0.5, 0.6) is 0 Å². The fourth-order valence-corrected chi connectivity index (χ4v) is 2.38. The first-order valence-corrected chi connectivity index (χ1v) is 6.53. The number of hydrogen-bond acceptors (Lipinski definition) is 4. The lowest BCUT2D eigenvalue weighted by Gasteiger charge is -2.35. The van der Waals surface area contributed by atoms with Gasteiger partial charge in [-0.05, 0) is 22.0 Å². The standard InChI is InChI=1S/C11H11BrF3N3O2/c12-6-3-7(11(13,14)15)9(17-4-6)18-2-1-16-5-8(18)10(19)20/h3-4,8,16H,1-2,5H2,(H,19,20). The molecule has 9 heteroatoms. The van der Waals surface area contributed by atoms with Gasteiger partial charge in [0.15, 0.2) is 0 Å². The Bertz CT molecular complexity index is 524. The Balaban J connectivity index is 2.47. The number of carboxylic acid groups (broad SMARTS) is 1. The van der Waals surface area contributed by atoms with Gasteiger partial charge in [0.1, 0.15) is 11.9 Å². The predicted molar refractivity (Wildman–Crippen MR) is 68.6 cm³/mol. The first-order chi connectivity index (χ1) is 9.30. The largest absolute Gasteiger partial charge is 0.480 e. The van der Waals surface area contributed by atoms with Gasteiger partial charge in [0.25, 0.3) is 0 Å². The van der Waals surface area contributed by atoms with E-state index in [-0.39, 0.29) is 23.4 Å². The molecule has 1 aliphatic heterocycles. The lowest BCUT2D eigenvalue weighted by atomic mass is 10.1. The molecule has 2 N–H and O–H groups in total. The molecule has 0 aliphatic carbocycles. The summed E-state index contributed by atoms with van der Waals surface area (Å²) in [5.74, 6) is -1.54. The summed E-state index contributed by atoms with van der Waals surface area (Å²) >= 11 is 2.95. The number of halogens is 4. The van der Waals surface area contributed by atoms with Gasteiger partial charge < -0.3 is 15.3 Å². The van der Waals surface area contributed by atoms with E-state index in [1.54, 1.807) is 0 Å². The molecule has 0 aromatic carbocycles. The maximum Gasteiger partial charge on any atom is 0.419 e. The van der Waals surface area contributed by atoms with Crippen molar-refractivity contribution in [1.82, 2.24) is 10.3 Å². The Morgan fingerprint density at radius 2 is 2.25 bits per heavy atom. The molecule has 0 radical (unpaired) electrons. The van der Waals surface area contributed by atoms with Crippen LogP contribution in [0.1, 0.15) is 5.56 Å². The van der Waals surface area contributed by atoms with Crippen LogP contribution in [0.15, 0.2) is 16.7 Å². The first-order valence-electron chi connectivity index (χ1n) is 5.73. The van der Waals surface area contributed by atoms with Crippen LogP contribution < -0.4 is 10.2 Å². The number of carbonyl (C=O) groups is 1. The molecule has 2 rings (SSSR count). The van der Waals surface area contributed by atoms with Crippen molar-refractivity contribution in [2.24, 2.45) is 0 Å². The molecule has 0 amide bonds. The minimum Gasteiger partial charge on any atom is -0.480 e. The second-order valence-corrected chi connectivity index (χ2v) is 5.19. The minimum absolute atomic E-state index is 0.0738. The van der Waals surface area contributed by atoms with Crippen LogP contribution in [0, 0.1) is 0 Å². The topological polar surface area (TPSA) is 65.5 Å². The van der Waals surface area contributed by atoms with Crippen molar-refractivity contribution in [3.05, 3.63) is 22.3 Å². The third-order valence-corrected chi connectivity index (χ3v) is 3.37. The van der Waals surface area contributed by atoms with E-state index < -0.39 is 23.8 Å². The number of anilines is 1. The third kappa shape index (κ3) is 3.04. The average molecular weight is 354 g/mol. The molecule has 0 bridgehead atoms. The van der Waals surface area contributed by atoms with E-state index in [0.717, 1.165) is 6.07 Å². The van der Waals surface area contributed by atoms with Crippen molar-refractivity contribution >= 4 is 27.7 Å². The number of aromatic nitrogens is 1. The second kappa shape index (κ2) is 5.57. The predicted octanol–water partition coefficient (Wildman–Crippen LogP) is 1.73. The summed E-state index contributed by atoms with van der Waals surface area (Å²) in [6, 6.07) is -0.165. The highest BCUT2D eigenvalue weighted by molar-refractivity contribution is 9.10. The van der Waals surface area contributed by atoms with E-state index in [1.165, 1.54) is 11.1 Å². The van der Waals surface area contributed by atoms with Crippen molar-refractivity contribution in [3.63, 3.8) is 0 Å². The molecule has 1 atom stereocenters. The molecule has 110 valence electrons. The summed E-state index contributed by atoms with van der Waals surface area (Å²) in [4.78, 5) is 16.1. The van der Waals surface area contributed by atoms with E-state index in [4.69, 9.17) is 5.11 Å². The number of nitrogens with zero attached hydrogens (tertiary/aromatic N) is 2. The number of alkyl halides is 3. The van der Waals surface area contributed by atoms with Gasteiger partial charge >= 0.3 is 12.1 Å². The third-order valence-electron chi connectivity index (χ3n) is 2.94. The maximum atomic E-state index is 13.1. The summed E-state index contributed by atoms with van der Waals surface area (Å²) < 4.78 is 39.4. The number of hydrogen-bond donors (Lipinski definition) is 2. The lowest BCUT2D eigenvalue weighted by Crippen LogP contribution is -2.55. The molecule has 1 saturated heterocycles. The van der Waals surface area contributed by atoms with Gasteiger partial charge in [0, 0.05) is 30.3 Å². The van der Waals surface area contributed by atoms with Crippen LogP contribution in [0.3, 0.4) is 0 Å². The van der Waals surface area contributed by atoms with Crippen molar-refractivity contribution in [3.8, 4) is 0 Å². The molecule has 1 fully saturated rings. The highest BCUT2D eigenvalue weighted by Gasteiger charge is 2.39. The zero-order valence-corrected chi connectivity index (χ0v) is 11.7. The maximum absolute atomic E-state index is 13.1. The van der Waals surface area contributed by atoms with Crippen molar-refractivity contribution in [2.45, 2.75) is 12.2 Å². The Kier molecular flexibility index (Phi) is 4.19. The Morgan fingerprint density at radius 1 is 1.55 bits per heavy atom. The smallest absolute Gasteiger partial charge is 0.419 e. The number of nitrogens with one attached hydrogen (secondary N) is 1. The first kappa shape index (κ1) is 15.0. The molecule has 1 aliphatic rings. The number of rotatable bonds is 2. The zero-order valence-electron chi connectivity index (χ0n) is 10.1. The van der Waals surface area contributed by atoms with Gasteiger partial charge in [-0.3, -0.25) is 0 Å². The van der Waals surface area contributed by atoms with Crippen molar-refractivity contribution < 1.29 is 23.1 Å². The van der Waals surface area contributed by atoms with Gasteiger partial charge in [0.2, 0.25) is 0 Å². The van der Waals surface area contributed by atoms with Gasteiger partial charge in [-0.25, -0.2) is 9.78 Å². The van der Waals surface area contributed by atoms with Crippen LogP contribution in [0.2, 0.25) is 0 Å². The Morgan fingerprint density at radius 3 is 2.85 bits per heavy atom. The van der Waals surface area contributed by atoms with E-state index >= 15 is 0 Å². The summed E-state index contributed by atoms with van der Waals surface area (Å²) in [5.41, 5.74) is -0.944. The highest BCUT2D eigenvalue weighted by Crippen LogP contribution is 2.37. The van der Waals surface area contributed by atoms with E-state index in [2.05, 4.69) is 26.2 Å². The van der Waals surface area contributed by atoms with Crippen LogP contribution in [-0.2, 0) is 11.0 Å². The fraction of sp³-hybridized carbons (Fsp3) is 0.455. The fourth-order valence-electron chi connectivity index (χ4n) is 2.05. The van der Waals surface area contributed by atoms with Crippen LogP contribution in [-0.4, -0.2) is 41.7 Å². The highest BCUT2D eigenvalue weighted by atomic mass is 79.9. The second-order valence-electron chi connectivity index (χ2n) is 4.27. The molecule has 1 unspecified atom stereocenters. The van der Waals surface area contributed by atoms with Crippen molar-refractivity contribution in [1.29, 1.82) is 0 Å². The molecule has 0 spiro atoms. The van der Waals surface area contributed by atoms with Gasteiger partial charge in [-0.15, -0.1) is 0 Å². The molecule has 1 aromatic heterocycles. The summed E-state index contributed by atoms with van der Waals surface area (Å²) in [6.07, 6.45) is -3.37. The zero-order chi connectivity index (χ0) is 14.9. The van der Waals surface area contributed by atoms with Gasteiger partial charge in [0.05, 0.1) is 5.56 Å². The number of aliphatic carboxylic acids is 1. The van der Waals surface area contributed by atoms with Crippen LogP contribution >= 0.6 is 15.9 Å².